The van der Waals surface area contributed by atoms with Gasteiger partial charge in [0.15, 0.2) is 0 Å². The molecular weight excluding hydrogens is 288 g/mol. The van der Waals surface area contributed by atoms with Gasteiger partial charge in [-0.25, -0.2) is 0 Å². The van der Waals surface area contributed by atoms with Crippen molar-refractivity contribution >= 4 is 12.6 Å². The molecule has 2 atom stereocenters. The highest BCUT2D eigenvalue weighted by atomic mass is 32.1. The minimum absolute atomic E-state index is 0.128. The maximum absolute atomic E-state index is 9.96. The van der Waals surface area contributed by atoms with Crippen LogP contribution in [0.3, 0.4) is 0 Å². The Kier molecular flexibility index (Phi) is 17.9. The van der Waals surface area contributed by atoms with Gasteiger partial charge in [0.1, 0.15) is 0 Å². The third-order valence-electron chi connectivity index (χ3n) is 4.73. The van der Waals surface area contributed by atoms with E-state index in [-0.39, 0.29) is 6.10 Å². The Morgan fingerprint density at radius 3 is 1.73 bits per heavy atom. The molecule has 0 heterocycles. The molecular formula is C20H42OS. The average Bonchev–Trinajstić information content (AvgIpc) is 2.49. The standard InChI is InChI=1S/C20H42OS/c1-3-5-6-7-8-9-10-11-12-13-15-19(14-4-2)18-20(21)16-17-22/h19-22H,3-18H2,1-2H3. The van der Waals surface area contributed by atoms with E-state index in [1.807, 2.05) is 0 Å². The molecule has 134 valence electrons. The lowest BCUT2D eigenvalue weighted by Crippen LogP contribution is -2.14. The summed E-state index contributed by atoms with van der Waals surface area (Å²) in [6.45, 7) is 4.54. The van der Waals surface area contributed by atoms with E-state index < -0.39 is 0 Å². The molecule has 0 saturated heterocycles. The molecule has 0 rings (SSSR count). The molecule has 0 aromatic rings. The second kappa shape index (κ2) is 17.7. The van der Waals surface area contributed by atoms with Crippen LogP contribution in [0.4, 0.5) is 0 Å². The Morgan fingerprint density at radius 2 is 1.23 bits per heavy atom. The zero-order chi connectivity index (χ0) is 16.5. The number of hydrogen-bond donors (Lipinski definition) is 2. The van der Waals surface area contributed by atoms with Gasteiger partial charge >= 0.3 is 0 Å². The molecule has 0 aromatic carbocycles. The van der Waals surface area contributed by atoms with Crippen LogP contribution >= 0.6 is 12.6 Å². The van der Waals surface area contributed by atoms with Gasteiger partial charge in [-0.15, -0.1) is 0 Å². The molecule has 0 bridgehead atoms. The Balaban J connectivity index is 3.47. The Morgan fingerprint density at radius 1 is 0.682 bits per heavy atom. The number of aliphatic hydroxyl groups excluding tert-OH is 1. The van der Waals surface area contributed by atoms with Gasteiger partial charge in [0, 0.05) is 0 Å². The fourth-order valence-corrected chi connectivity index (χ4v) is 3.66. The average molecular weight is 331 g/mol. The van der Waals surface area contributed by atoms with Gasteiger partial charge in [-0.2, -0.15) is 12.6 Å². The van der Waals surface area contributed by atoms with Gasteiger partial charge in [-0.3, -0.25) is 0 Å². The molecule has 1 N–H and O–H groups in total. The molecule has 2 heteroatoms. The zero-order valence-corrected chi connectivity index (χ0v) is 16.3. The molecule has 0 aliphatic rings. The summed E-state index contributed by atoms with van der Waals surface area (Å²) in [7, 11) is 0. The maximum Gasteiger partial charge on any atom is 0.0550 e. The lowest BCUT2D eigenvalue weighted by molar-refractivity contribution is 0.133. The van der Waals surface area contributed by atoms with Crippen LogP contribution in [-0.2, 0) is 0 Å². The van der Waals surface area contributed by atoms with Gasteiger partial charge < -0.3 is 5.11 Å². The third kappa shape index (κ3) is 15.2. The Bertz CT molecular complexity index is 208. The van der Waals surface area contributed by atoms with E-state index in [0.29, 0.717) is 0 Å². The van der Waals surface area contributed by atoms with Gasteiger partial charge in [0.05, 0.1) is 6.10 Å². The van der Waals surface area contributed by atoms with Crippen molar-refractivity contribution in [2.24, 2.45) is 5.92 Å². The molecule has 0 aliphatic carbocycles. The van der Waals surface area contributed by atoms with Crippen molar-refractivity contribution in [1.29, 1.82) is 0 Å². The smallest absolute Gasteiger partial charge is 0.0550 e. The van der Waals surface area contributed by atoms with Crippen molar-refractivity contribution in [1.82, 2.24) is 0 Å². The monoisotopic (exact) mass is 330 g/mol. The summed E-state index contributed by atoms with van der Waals surface area (Å²) in [5.74, 6) is 1.53. The molecule has 0 radical (unpaired) electrons. The molecule has 0 fully saturated rings. The molecule has 0 amide bonds. The van der Waals surface area contributed by atoms with Crippen molar-refractivity contribution in [3.63, 3.8) is 0 Å². The number of hydrogen-bond acceptors (Lipinski definition) is 2. The predicted molar refractivity (Wildman–Crippen MR) is 104 cm³/mol. The first-order valence-electron chi connectivity index (χ1n) is 10.0. The third-order valence-corrected chi connectivity index (χ3v) is 4.99. The van der Waals surface area contributed by atoms with Gasteiger partial charge in [0.25, 0.3) is 0 Å². The van der Waals surface area contributed by atoms with Crippen LogP contribution in [0.2, 0.25) is 0 Å². The van der Waals surface area contributed by atoms with Crippen LogP contribution in [0.1, 0.15) is 110 Å². The highest BCUT2D eigenvalue weighted by Crippen LogP contribution is 2.22. The summed E-state index contributed by atoms with van der Waals surface area (Å²) in [6, 6.07) is 0. The van der Waals surface area contributed by atoms with Gasteiger partial charge in [-0.1, -0.05) is 97.3 Å². The van der Waals surface area contributed by atoms with E-state index in [1.54, 1.807) is 0 Å². The summed E-state index contributed by atoms with van der Waals surface area (Å²) in [5.41, 5.74) is 0. The van der Waals surface area contributed by atoms with Crippen LogP contribution in [0.25, 0.3) is 0 Å². The van der Waals surface area contributed by atoms with Crippen molar-refractivity contribution in [3.8, 4) is 0 Å². The minimum Gasteiger partial charge on any atom is -0.393 e. The first kappa shape index (κ1) is 22.3. The number of aliphatic hydroxyl groups is 1. The second-order valence-electron chi connectivity index (χ2n) is 7.03. The van der Waals surface area contributed by atoms with Crippen LogP contribution < -0.4 is 0 Å². The quantitative estimate of drug-likeness (QED) is 0.222. The molecule has 0 saturated carbocycles. The zero-order valence-electron chi connectivity index (χ0n) is 15.4. The van der Waals surface area contributed by atoms with Crippen LogP contribution in [-0.4, -0.2) is 17.0 Å². The predicted octanol–water partition coefficient (Wildman–Crippen LogP) is 6.78. The lowest BCUT2D eigenvalue weighted by atomic mass is 9.90. The fraction of sp³-hybridized carbons (Fsp3) is 1.00. The van der Waals surface area contributed by atoms with Crippen LogP contribution in [0, 0.1) is 5.92 Å². The molecule has 2 unspecified atom stereocenters. The lowest BCUT2D eigenvalue weighted by Gasteiger charge is -2.19. The number of thiol groups is 1. The normalized spacial score (nSPS) is 14.2. The highest BCUT2D eigenvalue weighted by Gasteiger charge is 2.13. The van der Waals surface area contributed by atoms with E-state index >= 15 is 0 Å². The first-order valence-corrected chi connectivity index (χ1v) is 10.7. The van der Waals surface area contributed by atoms with E-state index in [0.717, 1.165) is 24.5 Å². The summed E-state index contributed by atoms with van der Waals surface area (Å²) in [5, 5.41) is 9.96. The van der Waals surface area contributed by atoms with E-state index in [4.69, 9.17) is 0 Å². The van der Waals surface area contributed by atoms with E-state index in [1.165, 1.54) is 83.5 Å². The van der Waals surface area contributed by atoms with Crippen molar-refractivity contribution in [2.75, 3.05) is 5.75 Å². The molecule has 1 nitrogen and oxygen atoms in total. The Hall–Kier alpha value is 0.310. The molecule has 0 aliphatic heterocycles. The van der Waals surface area contributed by atoms with Crippen molar-refractivity contribution < 1.29 is 5.11 Å². The molecule has 0 spiro atoms. The summed E-state index contributed by atoms with van der Waals surface area (Å²) >= 11 is 4.22. The molecule has 22 heavy (non-hydrogen) atoms. The fourth-order valence-electron chi connectivity index (χ4n) is 3.36. The largest absolute Gasteiger partial charge is 0.393 e. The maximum atomic E-state index is 9.96. The van der Waals surface area contributed by atoms with Crippen molar-refractivity contribution in [2.45, 2.75) is 116 Å². The summed E-state index contributed by atoms with van der Waals surface area (Å²) in [6.07, 6.45) is 19.6. The van der Waals surface area contributed by atoms with E-state index in [2.05, 4.69) is 26.5 Å². The number of unbranched alkanes of at least 4 members (excludes halogenated alkanes) is 9. The van der Waals surface area contributed by atoms with Crippen LogP contribution in [0.5, 0.6) is 0 Å². The highest BCUT2D eigenvalue weighted by molar-refractivity contribution is 7.80. The van der Waals surface area contributed by atoms with Gasteiger partial charge in [0.2, 0.25) is 0 Å². The first-order chi connectivity index (χ1) is 10.7. The molecule has 0 aromatic heterocycles. The minimum atomic E-state index is -0.128. The SMILES string of the molecule is CCCCCCCCCCCCC(CCC)CC(O)CCS. The van der Waals surface area contributed by atoms with Gasteiger partial charge in [-0.05, 0) is 24.5 Å². The second-order valence-corrected chi connectivity index (χ2v) is 7.47. The van der Waals surface area contributed by atoms with E-state index in [9.17, 15) is 5.11 Å². The number of rotatable bonds is 17. The van der Waals surface area contributed by atoms with Crippen LogP contribution in [0.15, 0.2) is 0 Å². The van der Waals surface area contributed by atoms with Crippen molar-refractivity contribution in [3.05, 3.63) is 0 Å². The summed E-state index contributed by atoms with van der Waals surface area (Å²) < 4.78 is 0. The Labute approximate surface area is 146 Å². The summed E-state index contributed by atoms with van der Waals surface area (Å²) in [4.78, 5) is 0. The topological polar surface area (TPSA) is 20.2 Å².